The van der Waals surface area contributed by atoms with Gasteiger partial charge in [-0.05, 0) is 47.6 Å². The Balaban J connectivity index is 2.24. The number of primary amides is 1. The van der Waals surface area contributed by atoms with E-state index in [9.17, 15) is 9.59 Å². The first-order valence-electron chi connectivity index (χ1n) is 9.40. The molecule has 3 rings (SSSR count). The molecule has 6 nitrogen and oxygen atoms in total. The van der Waals surface area contributed by atoms with Crippen molar-refractivity contribution in [3.8, 4) is 21.9 Å². The lowest BCUT2D eigenvalue weighted by atomic mass is 9.78. The highest BCUT2D eigenvalue weighted by atomic mass is 32.1. The highest BCUT2D eigenvalue weighted by molar-refractivity contribution is 7.20. The quantitative estimate of drug-likeness (QED) is 0.722. The van der Waals surface area contributed by atoms with Gasteiger partial charge in [0.2, 0.25) is 5.91 Å². The molecule has 0 bridgehead atoms. The average Bonchev–Trinajstić information content (AvgIpc) is 3.02. The third kappa shape index (κ3) is 3.58. The minimum atomic E-state index is -0.514. The molecule has 150 valence electrons. The number of anilines is 1. The fraction of sp³-hybridized carbons (Fsp3) is 0.429. The number of rotatable bonds is 7. The molecule has 1 heterocycles. The Hall–Kier alpha value is -2.54. The van der Waals surface area contributed by atoms with Gasteiger partial charge in [0.15, 0.2) is 11.5 Å². The summed E-state index contributed by atoms with van der Waals surface area (Å²) in [5.74, 6) is 0.842. The van der Waals surface area contributed by atoms with Crippen LogP contribution in [0.3, 0.4) is 0 Å². The summed E-state index contributed by atoms with van der Waals surface area (Å²) in [6.07, 6.45) is 3.89. The largest absolute Gasteiger partial charge is 0.493 e. The summed E-state index contributed by atoms with van der Waals surface area (Å²) < 4.78 is 11.0. The van der Waals surface area contributed by atoms with Crippen LogP contribution in [0.1, 0.15) is 60.5 Å². The second-order valence-corrected chi connectivity index (χ2v) is 8.02. The van der Waals surface area contributed by atoms with Crippen LogP contribution in [0.25, 0.3) is 10.4 Å². The van der Waals surface area contributed by atoms with E-state index in [-0.39, 0.29) is 11.8 Å². The van der Waals surface area contributed by atoms with Crippen LogP contribution >= 0.6 is 11.3 Å². The second kappa shape index (κ2) is 8.22. The smallest absolute Gasteiger partial charge is 0.252 e. The van der Waals surface area contributed by atoms with E-state index in [1.807, 2.05) is 12.1 Å². The van der Waals surface area contributed by atoms with Crippen LogP contribution in [0.4, 0.5) is 5.00 Å². The van der Waals surface area contributed by atoms with E-state index in [1.54, 1.807) is 14.2 Å². The van der Waals surface area contributed by atoms with Gasteiger partial charge in [0.25, 0.3) is 5.91 Å². The number of carbonyl (C=O) groups is 2. The average molecular weight is 403 g/mol. The van der Waals surface area contributed by atoms with E-state index < -0.39 is 5.91 Å². The number of hydrogen-bond donors (Lipinski definition) is 2. The molecule has 1 aromatic heterocycles. The van der Waals surface area contributed by atoms with Gasteiger partial charge in [-0.25, -0.2) is 0 Å². The number of hydrogen-bond acceptors (Lipinski definition) is 5. The van der Waals surface area contributed by atoms with E-state index in [2.05, 4.69) is 12.2 Å². The highest BCUT2D eigenvalue weighted by Gasteiger charge is 2.33. The maximum atomic E-state index is 12.2. The van der Waals surface area contributed by atoms with Crippen molar-refractivity contribution in [2.75, 3.05) is 19.5 Å². The monoisotopic (exact) mass is 402 g/mol. The Morgan fingerprint density at radius 1 is 1.25 bits per heavy atom. The van der Waals surface area contributed by atoms with Crippen molar-refractivity contribution >= 4 is 28.2 Å². The van der Waals surface area contributed by atoms with E-state index in [4.69, 9.17) is 15.2 Å². The number of fused-ring (bicyclic) bond motifs is 3. The van der Waals surface area contributed by atoms with Crippen molar-refractivity contribution in [3.05, 3.63) is 28.8 Å². The Bertz CT molecular complexity index is 920. The predicted molar refractivity (Wildman–Crippen MR) is 112 cm³/mol. The normalized spacial score (nSPS) is 14.8. The van der Waals surface area contributed by atoms with E-state index in [0.717, 1.165) is 35.3 Å². The molecule has 1 unspecified atom stereocenters. The molecular weight excluding hydrogens is 376 g/mol. The van der Waals surface area contributed by atoms with Crippen LogP contribution in [0, 0.1) is 0 Å². The minimum Gasteiger partial charge on any atom is -0.493 e. The third-order valence-electron chi connectivity index (χ3n) is 5.14. The molecule has 2 aromatic rings. The molecule has 0 fully saturated rings. The molecule has 0 saturated heterocycles. The molecule has 1 aliphatic carbocycles. The molecule has 0 aliphatic heterocycles. The van der Waals surface area contributed by atoms with Crippen molar-refractivity contribution in [1.82, 2.24) is 0 Å². The molecule has 0 spiro atoms. The summed E-state index contributed by atoms with van der Waals surface area (Å²) in [5, 5.41) is 3.29. The molecule has 1 atom stereocenters. The summed E-state index contributed by atoms with van der Waals surface area (Å²) in [6.45, 7) is 3.59. The predicted octanol–water partition coefficient (Wildman–Crippen LogP) is 4.32. The summed E-state index contributed by atoms with van der Waals surface area (Å²) in [7, 11) is 3.24. The number of thiophene rings is 1. The maximum Gasteiger partial charge on any atom is 0.252 e. The fourth-order valence-corrected chi connectivity index (χ4v) is 5.20. The number of ether oxygens (including phenoxy) is 2. The summed E-state index contributed by atoms with van der Waals surface area (Å²) in [6, 6.07) is 4.00. The van der Waals surface area contributed by atoms with Crippen LogP contribution in [0.5, 0.6) is 11.5 Å². The molecular formula is C21H26N2O4S. The first-order chi connectivity index (χ1) is 13.4. The van der Waals surface area contributed by atoms with Gasteiger partial charge in [-0.2, -0.15) is 0 Å². The highest BCUT2D eigenvalue weighted by Crippen LogP contribution is 2.52. The van der Waals surface area contributed by atoms with Gasteiger partial charge in [-0.3, -0.25) is 9.59 Å². The minimum absolute atomic E-state index is 0.226. The van der Waals surface area contributed by atoms with Crippen LogP contribution in [-0.2, 0) is 11.2 Å². The lowest BCUT2D eigenvalue weighted by molar-refractivity contribution is -0.114. The Morgan fingerprint density at radius 3 is 2.50 bits per heavy atom. The molecule has 7 heteroatoms. The van der Waals surface area contributed by atoms with E-state index in [1.165, 1.54) is 23.8 Å². The third-order valence-corrected chi connectivity index (χ3v) is 6.32. The summed E-state index contributed by atoms with van der Waals surface area (Å²) in [5.41, 5.74) is 9.25. The second-order valence-electron chi connectivity index (χ2n) is 7.00. The van der Waals surface area contributed by atoms with Crippen LogP contribution in [0.15, 0.2) is 12.1 Å². The summed E-state index contributed by atoms with van der Waals surface area (Å²) in [4.78, 5) is 24.8. The van der Waals surface area contributed by atoms with E-state index in [0.29, 0.717) is 28.5 Å². The molecule has 1 aliphatic rings. The zero-order valence-electron chi connectivity index (χ0n) is 16.7. The van der Waals surface area contributed by atoms with Gasteiger partial charge in [0, 0.05) is 11.8 Å². The van der Waals surface area contributed by atoms with Crippen molar-refractivity contribution < 1.29 is 19.1 Å². The maximum absolute atomic E-state index is 12.2. The number of nitrogens with two attached hydrogens (primary N) is 1. The number of methoxy groups -OCH3 is 2. The van der Waals surface area contributed by atoms with Crippen LogP contribution < -0.4 is 20.5 Å². The van der Waals surface area contributed by atoms with Gasteiger partial charge < -0.3 is 20.5 Å². The number of unbranched alkanes of at least 4 members (excludes halogenated alkanes) is 1. The van der Waals surface area contributed by atoms with Crippen molar-refractivity contribution in [3.63, 3.8) is 0 Å². The topological polar surface area (TPSA) is 90.7 Å². The molecule has 2 amide bonds. The SMILES string of the molecule is CCCCC1Cc2c(sc(NC(C)=O)c2C(N)=O)-c2cc(OC)c(OC)cc21. The van der Waals surface area contributed by atoms with Crippen molar-refractivity contribution in [1.29, 1.82) is 0 Å². The van der Waals surface area contributed by atoms with Gasteiger partial charge in [-0.1, -0.05) is 19.8 Å². The molecule has 0 radical (unpaired) electrons. The van der Waals surface area contributed by atoms with Gasteiger partial charge in [0.1, 0.15) is 5.00 Å². The lowest BCUT2D eigenvalue weighted by Crippen LogP contribution is -2.19. The fourth-order valence-electron chi connectivity index (χ4n) is 3.88. The van der Waals surface area contributed by atoms with Crippen LogP contribution in [-0.4, -0.2) is 26.0 Å². The molecule has 1 aromatic carbocycles. The van der Waals surface area contributed by atoms with Crippen molar-refractivity contribution in [2.45, 2.75) is 45.4 Å². The number of nitrogens with one attached hydrogen (secondary N) is 1. The van der Waals surface area contributed by atoms with Gasteiger partial charge in [-0.15, -0.1) is 11.3 Å². The Kier molecular flexibility index (Phi) is 5.93. The Morgan fingerprint density at radius 2 is 1.93 bits per heavy atom. The molecule has 0 saturated carbocycles. The lowest BCUT2D eigenvalue weighted by Gasteiger charge is -2.27. The number of benzene rings is 1. The number of amides is 2. The molecule has 3 N–H and O–H groups in total. The van der Waals surface area contributed by atoms with Gasteiger partial charge >= 0.3 is 0 Å². The van der Waals surface area contributed by atoms with Crippen LogP contribution in [0.2, 0.25) is 0 Å². The first-order valence-corrected chi connectivity index (χ1v) is 10.2. The van der Waals surface area contributed by atoms with Gasteiger partial charge in [0.05, 0.1) is 19.8 Å². The first kappa shape index (κ1) is 20.2. The standard InChI is InChI=1S/C21H26N2O4S/c1-5-6-7-12-8-15-18(20(22)25)21(23-11(2)24)28-19(15)14-10-17(27-4)16(26-3)9-13(12)14/h9-10,12H,5-8H2,1-4H3,(H2,22,25)(H,23,24). The molecule has 28 heavy (non-hydrogen) atoms. The number of carbonyl (C=O) groups excluding carboxylic acids is 2. The zero-order valence-corrected chi connectivity index (χ0v) is 17.5. The Labute approximate surface area is 169 Å². The van der Waals surface area contributed by atoms with E-state index >= 15 is 0 Å². The zero-order chi connectivity index (χ0) is 20.4. The van der Waals surface area contributed by atoms with Crippen molar-refractivity contribution in [2.24, 2.45) is 5.73 Å². The summed E-state index contributed by atoms with van der Waals surface area (Å²) >= 11 is 1.39.